The van der Waals surface area contributed by atoms with Crippen LogP contribution in [-0.4, -0.2) is 32.4 Å². The van der Waals surface area contributed by atoms with Crippen molar-refractivity contribution in [3.8, 4) is 11.5 Å². The molecular weight excluding hydrogens is 268 g/mol. The van der Waals surface area contributed by atoms with Crippen molar-refractivity contribution in [2.24, 2.45) is 0 Å². The minimum atomic E-state index is 0.606. The summed E-state index contributed by atoms with van der Waals surface area (Å²) in [5.74, 6) is 1.41. The van der Waals surface area contributed by atoms with Crippen molar-refractivity contribution in [1.29, 1.82) is 0 Å². The Morgan fingerprint density at radius 1 is 1.24 bits per heavy atom. The van der Waals surface area contributed by atoms with Crippen molar-refractivity contribution < 1.29 is 14.2 Å². The number of fused-ring (bicyclic) bond motifs is 2. The molecule has 5 nitrogen and oxygen atoms in total. The van der Waals surface area contributed by atoms with Crippen LogP contribution in [0.1, 0.15) is 18.2 Å². The Labute approximate surface area is 124 Å². The Balaban J connectivity index is 2.29. The summed E-state index contributed by atoms with van der Waals surface area (Å²) in [6.45, 7) is 4.27. The number of pyridine rings is 1. The lowest BCUT2D eigenvalue weighted by molar-refractivity contribution is 0.110. The summed E-state index contributed by atoms with van der Waals surface area (Å²) in [5.41, 5.74) is 4.28. The molecule has 0 saturated carbocycles. The van der Waals surface area contributed by atoms with Gasteiger partial charge in [0.25, 0.3) is 0 Å². The zero-order valence-electron chi connectivity index (χ0n) is 12.7. The molecule has 0 atom stereocenters. The molecule has 1 aliphatic heterocycles. The van der Waals surface area contributed by atoms with E-state index >= 15 is 0 Å². The van der Waals surface area contributed by atoms with Crippen molar-refractivity contribution in [2.75, 3.05) is 32.7 Å². The summed E-state index contributed by atoms with van der Waals surface area (Å²) in [6.07, 6.45) is 0.845. The lowest BCUT2D eigenvalue weighted by Gasteiger charge is -2.22. The van der Waals surface area contributed by atoms with E-state index in [1.54, 1.807) is 14.2 Å². The largest absolute Gasteiger partial charge is 0.493 e. The summed E-state index contributed by atoms with van der Waals surface area (Å²) in [7, 11) is 3.28. The molecule has 2 heterocycles. The van der Waals surface area contributed by atoms with Crippen LogP contribution in [0.25, 0.3) is 10.9 Å². The molecule has 21 heavy (non-hydrogen) atoms. The summed E-state index contributed by atoms with van der Waals surface area (Å²) in [5, 5.41) is 4.49. The zero-order chi connectivity index (χ0) is 14.8. The molecule has 0 spiro atoms. The smallest absolute Gasteiger partial charge is 0.162 e. The molecule has 112 valence electrons. The third-order valence-electron chi connectivity index (χ3n) is 3.76. The molecule has 0 unspecified atom stereocenters. The minimum Gasteiger partial charge on any atom is -0.493 e. The quantitative estimate of drug-likeness (QED) is 0.937. The highest BCUT2D eigenvalue weighted by Crippen LogP contribution is 2.38. The first kappa shape index (κ1) is 13.9. The number of benzene rings is 1. The molecule has 3 rings (SSSR count). The number of nitrogens with zero attached hydrogens (tertiary/aromatic N) is 1. The Morgan fingerprint density at radius 3 is 2.71 bits per heavy atom. The predicted octanol–water partition coefficient (Wildman–Crippen LogP) is 2.76. The van der Waals surface area contributed by atoms with Crippen molar-refractivity contribution in [3.63, 3.8) is 0 Å². The van der Waals surface area contributed by atoms with Gasteiger partial charge in [-0.15, -0.1) is 0 Å². The van der Waals surface area contributed by atoms with Crippen LogP contribution in [-0.2, 0) is 17.8 Å². The molecule has 0 aliphatic carbocycles. The van der Waals surface area contributed by atoms with Gasteiger partial charge in [0.1, 0.15) is 0 Å². The molecular formula is C16H20N2O3. The number of aromatic nitrogens is 1. The summed E-state index contributed by atoms with van der Waals surface area (Å²) in [6, 6.07) is 3.92. The lowest BCUT2D eigenvalue weighted by atomic mass is 10.0. The van der Waals surface area contributed by atoms with E-state index in [9.17, 15) is 0 Å². The zero-order valence-corrected chi connectivity index (χ0v) is 12.7. The summed E-state index contributed by atoms with van der Waals surface area (Å²) in [4.78, 5) is 4.79. The fourth-order valence-corrected chi connectivity index (χ4v) is 2.76. The maximum Gasteiger partial charge on any atom is 0.162 e. The Hall–Kier alpha value is -2.01. The highest BCUT2D eigenvalue weighted by molar-refractivity contribution is 5.95. The van der Waals surface area contributed by atoms with Gasteiger partial charge in [0.2, 0.25) is 0 Å². The van der Waals surface area contributed by atoms with Crippen LogP contribution >= 0.6 is 0 Å². The van der Waals surface area contributed by atoms with E-state index < -0.39 is 0 Å². The highest BCUT2D eigenvalue weighted by Gasteiger charge is 2.20. The predicted molar refractivity (Wildman–Crippen MR) is 82.4 cm³/mol. The van der Waals surface area contributed by atoms with Crippen LogP contribution in [0, 0.1) is 0 Å². The molecule has 0 fully saturated rings. The van der Waals surface area contributed by atoms with E-state index in [2.05, 4.69) is 12.2 Å². The number of nitrogens with one attached hydrogen (secondary N) is 1. The number of methoxy groups -OCH3 is 2. The second-order valence-corrected chi connectivity index (χ2v) is 4.97. The van der Waals surface area contributed by atoms with Gasteiger partial charge in [-0.1, -0.05) is 0 Å². The normalized spacial score (nSPS) is 13.9. The fraction of sp³-hybridized carbons (Fsp3) is 0.438. The van der Waals surface area contributed by atoms with Crippen molar-refractivity contribution in [3.05, 3.63) is 23.4 Å². The topological polar surface area (TPSA) is 52.6 Å². The second-order valence-electron chi connectivity index (χ2n) is 4.97. The van der Waals surface area contributed by atoms with Crippen molar-refractivity contribution >= 4 is 16.6 Å². The molecule has 0 radical (unpaired) electrons. The average molecular weight is 288 g/mol. The highest BCUT2D eigenvalue weighted by atomic mass is 16.5. The van der Waals surface area contributed by atoms with E-state index in [0.29, 0.717) is 18.1 Å². The molecule has 5 heteroatoms. The number of hydrogen-bond donors (Lipinski definition) is 1. The molecule has 1 N–H and O–H groups in total. The van der Waals surface area contributed by atoms with Gasteiger partial charge in [-0.05, 0) is 13.0 Å². The van der Waals surface area contributed by atoms with Gasteiger partial charge in [-0.3, -0.25) is 4.98 Å². The molecule has 2 aromatic rings. The fourth-order valence-electron chi connectivity index (χ4n) is 2.76. The van der Waals surface area contributed by atoms with E-state index in [4.69, 9.17) is 19.2 Å². The first-order valence-corrected chi connectivity index (χ1v) is 7.17. The first-order valence-electron chi connectivity index (χ1n) is 7.17. The van der Waals surface area contributed by atoms with E-state index in [0.717, 1.165) is 47.4 Å². The lowest BCUT2D eigenvalue weighted by Crippen LogP contribution is -2.15. The van der Waals surface area contributed by atoms with Gasteiger partial charge >= 0.3 is 0 Å². The van der Waals surface area contributed by atoms with Gasteiger partial charge in [0, 0.05) is 30.0 Å². The van der Waals surface area contributed by atoms with E-state index in [1.165, 1.54) is 0 Å². The van der Waals surface area contributed by atoms with Crippen molar-refractivity contribution in [2.45, 2.75) is 20.0 Å². The van der Waals surface area contributed by atoms with Crippen LogP contribution in [0.4, 0.5) is 5.69 Å². The molecule has 1 aromatic carbocycles. The van der Waals surface area contributed by atoms with Gasteiger partial charge in [-0.25, -0.2) is 0 Å². The Morgan fingerprint density at radius 2 is 2.00 bits per heavy atom. The third kappa shape index (κ3) is 2.38. The molecule has 1 aromatic heterocycles. The Kier molecular flexibility index (Phi) is 3.84. The molecule has 0 saturated heterocycles. The summed E-state index contributed by atoms with van der Waals surface area (Å²) >= 11 is 0. The van der Waals surface area contributed by atoms with E-state index in [1.807, 2.05) is 12.1 Å². The van der Waals surface area contributed by atoms with Gasteiger partial charge in [0.05, 0.1) is 44.3 Å². The third-order valence-corrected chi connectivity index (χ3v) is 3.76. The van der Waals surface area contributed by atoms with Crippen LogP contribution in [0.3, 0.4) is 0 Å². The number of hydrogen-bond acceptors (Lipinski definition) is 5. The maximum atomic E-state index is 5.60. The monoisotopic (exact) mass is 288 g/mol. The SMILES string of the molecule is CCNc1c2c(nc3cc(OC)c(OC)cc13)CCOC2. The van der Waals surface area contributed by atoms with Crippen LogP contribution in [0.5, 0.6) is 11.5 Å². The van der Waals surface area contributed by atoms with Crippen LogP contribution < -0.4 is 14.8 Å². The second kappa shape index (κ2) is 5.77. The molecule has 0 bridgehead atoms. The Bertz CT molecular complexity index is 665. The maximum absolute atomic E-state index is 5.60. The van der Waals surface area contributed by atoms with Crippen LogP contribution in [0.15, 0.2) is 12.1 Å². The number of rotatable bonds is 4. The first-order chi connectivity index (χ1) is 10.3. The van der Waals surface area contributed by atoms with Crippen LogP contribution in [0.2, 0.25) is 0 Å². The van der Waals surface area contributed by atoms with Crippen molar-refractivity contribution in [1.82, 2.24) is 4.98 Å². The minimum absolute atomic E-state index is 0.606. The van der Waals surface area contributed by atoms with E-state index in [-0.39, 0.29) is 0 Å². The summed E-state index contributed by atoms with van der Waals surface area (Å²) < 4.78 is 16.4. The van der Waals surface area contributed by atoms with Gasteiger partial charge in [0.15, 0.2) is 11.5 Å². The van der Waals surface area contributed by atoms with Gasteiger partial charge < -0.3 is 19.5 Å². The molecule has 0 amide bonds. The number of ether oxygens (including phenoxy) is 3. The standard InChI is InChI=1S/C16H20N2O3/c1-4-17-16-10-7-14(19-2)15(20-3)8-13(10)18-12-5-6-21-9-11(12)16/h7-8H,4-6,9H2,1-3H3,(H,17,18). The molecule has 1 aliphatic rings. The average Bonchev–Trinajstić information content (AvgIpc) is 2.53. The van der Waals surface area contributed by atoms with Gasteiger partial charge in [-0.2, -0.15) is 0 Å². The number of anilines is 1.